The Morgan fingerprint density at radius 2 is 1.27 bits per heavy atom. The fourth-order valence-electron chi connectivity index (χ4n) is 8.06. The number of methoxy groups -OCH3 is 2. The van der Waals surface area contributed by atoms with Gasteiger partial charge in [-0.25, -0.2) is 9.97 Å². The molecule has 6 atom stereocenters. The number of aromatic amines is 2. The van der Waals surface area contributed by atoms with Crippen LogP contribution in [0.4, 0.5) is 0 Å². The van der Waals surface area contributed by atoms with Crippen LogP contribution in [0.15, 0.2) is 48.7 Å². The number of nitrogens with one attached hydrogen (secondary N) is 2. The summed E-state index contributed by atoms with van der Waals surface area (Å²) in [7, 11) is 2.70. The van der Waals surface area contributed by atoms with Gasteiger partial charge in [0.25, 0.3) is 0 Å². The van der Waals surface area contributed by atoms with Gasteiger partial charge in [-0.1, -0.05) is 65.5 Å². The first-order chi connectivity index (χ1) is 26.8. The number of carbonyl (C=O) groups is 4. The van der Waals surface area contributed by atoms with E-state index >= 15 is 0 Å². The van der Waals surface area contributed by atoms with Gasteiger partial charge in [-0.05, 0) is 72.4 Å². The Morgan fingerprint density at radius 3 is 1.80 bits per heavy atom. The molecule has 6 rings (SSSR count). The first-order valence-corrected chi connectivity index (χ1v) is 19.7. The molecule has 0 radical (unpaired) electrons. The number of rotatable bonds is 11. The van der Waals surface area contributed by atoms with Gasteiger partial charge in [-0.15, -0.1) is 0 Å². The van der Waals surface area contributed by atoms with Crippen LogP contribution < -0.4 is 0 Å². The molecule has 2 amide bonds. The standard InChI is InChI=1S/C44H54N6O6/c1-25(2)32(20-39(51)55-7)43(53)49-23-27(5)17-37(49)41-45-22-36(48-41)31-14-11-29(12-15-31)9-10-30-13-16-34-35(19-30)47-42(46-34)38-18-28(6)24-50(38)44(54)33(26(3)4)21-40(52)56-8/h11-16,19,22,25-28,32-33,37-38H,17-18,20-21,23-24H2,1-8H3,(H,45,48)(H,46,47)/t27-,28-,32-,33-,37-,38-/m0/s1. The number of esters is 2. The van der Waals surface area contributed by atoms with Gasteiger partial charge >= 0.3 is 11.9 Å². The molecule has 2 aliphatic rings. The fraction of sp³-hybridized carbons (Fsp3) is 0.500. The number of hydrogen-bond donors (Lipinski definition) is 2. The average molecular weight is 763 g/mol. The summed E-state index contributed by atoms with van der Waals surface area (Å²) in [4.78, 5) is 72.0. The van der Waals surface area contributed by atoms with Crippen molar-refractivity contribution in [1.82, 2.24) is 29.7 Å². The highest BCUT2D eigenvalue weighted by Gasteiger charge is 2.41. The average Bonchev–Trinajstić information content (AvgIpc) is 3.99. The summed E-state index contributed by atoms with van der Waals surface area (Å²) < 4.78 is 9.77. The normalized spacial score (nSPS) is 20.6. The number of nitrogens with zero attached hydrogens (tertiary/aromatic N) is 4. The van der Waals surface area contributed by atoms with E-state index in [1.54, 1.807) is 6.20 Å². The molecule has 56 heavy (non-hydrogen) atoms. The Kier molecular flexibility index (Phi) is 12.3. The van der Waals surface area contributed by atoms with Crippen molar-refractivity contribution in [1.29, 1.82) is 0 Å². The highest BCUT2D eigenvalue weighted by atomic mass is 16.5. The summed E-state index contributed by atoms with van der Waals surface area (Å²) >= 11 is 0. The number of H-pyrrole nitrogens is 2. The van der Waals surface area contributed by atoms with Crippen LogP contribution in [-0.4, -0.2) is 80.8 Å². The minimum Gasteiger partial charge on any atom is -0.469 e. The number of fused-ring (bicyclic) bond motifs is 1. The lowest BCUT2D eigenvalue weighted by Gasteiger charge is -2.29. The van der Waals surface area contributed by atoms with Gasteiger partial charge in [0.05, 0.1) is 73.9 Å². The molecule has 2 N–H and O–H groups in total. The SMILES string of the molecule is COC(=O)C[C@H](C(=O)N1C[C@@H](C)C[C@H]1c1ncc(-c2ccc(C#Cc3ccc4nc([C@@H]5C[C@H](C)CN5C(=O)[C@@H](CC(=O)OC)C(C)C)[nH]c4c3)cc2)[nH]1)C(C)C. The monoisotopic (exact) mass is 762 g/mol. The third-order valence-corrected chi connectivity index (χ3v) is 11.3. The molecule has 0 bridgehead atoms. The number of carbonyl (C=O) groups excluding carboxylic acids is 4. The zero-order valence-electron chi connectivity index (χ0n) is 33.7. The first kappa shape index (κ1) is 40.2. The van der Waals surface area contributed by atoms with Crippen LogP contribution in [0, 0.1) is 47.3 Å². The third kappa shape index (κ3) is 8.83. The molecule has 0 unspecified atom stereocenters. The number of likely N-dealkylation sites (tertiary alicyclic amines) is 2. The minimum atomic E-state index is -0.458. The predicted octanol–water partition coefficient (Wildman–Crippen LogP) is 6.84. The van der Waals surface area contributed by atoms with Crippen molar-refractivity contribution in [2.45, 2.75) is 79.3 Å². The Bertz CT molecular complexity index is 2120. The number of aromatic nitrogens is 4. The molecule has 2 aliphatic heterocycles. The van der Waals surface area contributed by atoms with Crippen LogP contribution in [0.5, 0.6) is 0 Å². The van der Waals surface area contributed by atoms with Crippen molar-refractivity contribution in [3.8, 4) is 23.1 Å². The number of benzene rings is 2. The second-order valence-corrected chi connectivity index (χ2v) is 16.3. The van der Waals surface area contributed by atoms with E-state index in [-0.39, 0.29) is 60.5 Å². The van der Waals surface area contributed by atoms with Crippen molar-refractivity contribution in [3.05, 3.63) is 71.4 Å². The first-order valence-electron chi connectivity index (χ1n) is 19.7. The molecular formula is C44H54N6O6. The van der Waals surface area contributed by atoms with Gasteiger partial charge in [-0.2, -0.15) is 0 Å². The Labute approximate surface area is 329 Å². The zero-order chi connectivity index (χ0) is 40.3. The van der Waals surface area contributed by atoms with E-state index in [0.29, 0.717) is 24.9 Å². The summed E-state index contributed by atoms with van der Waals surface area (Å²) in [6.07, 6.45) is 3.49. The smallest absolute Gasteiger partial charge is 0.306 e. The molecule has 2 aromatic heterocycles. The molecule has 0 saturated carbocycles. The van der Waals surface area contributed by atoms with Crippen LogP contribution in [0.25, 0.3) is 22.3 Å². The second-order valence-electron chi connectivity index (χ2n) is 16.3. The lowest BCUT2D eigenvalue weighted by Crippen LogP contribution is -2.39. The lowest BCUT2D eigenvalue weighted by atomic mass is 9.91. The van der Waals surface area contributed by atoms with Crippen molar-refractivity contribution < 1.29 is 28.7 Å². The van der Waals surface area contributed by atoms with Crippen molar-refractivity contribution in [2.75, 3.05) is 27.3 Å². The summed E-state index contributed by atoms with van der Waals surface area (Å²) in [6, 6.07) is 13.4. The van der Waals surface area contributed by atoms with E-state index in [4.69, 9.17) is 19.4 Å². The molecule has 2 saturated heterocycles. The minimum absolute atomic E-state index is 0.00599. The Morgan fingerprint density at radius 1 is 0.750 bits per heavy atom. The number of imidazole rings is 2. The van der Waals surface area contributed by atoms with Crippen LogP contribution in [0.1, 0.15) is 102 Å². The van der Waals surface area contributed by atoms with E-state index < -0.39 is 11.8 Å². The van der Waals surface area contributed by atoms with Gasteiger partial charge in [-0.3, -0.25) is 19.2 Å². The van der Waals surface area contributed by atoms with E-state index in [1.165, 1.54) is 14.2 Å². The summed E-state index contributed by atoms with van der Waals surface area (Å²) in [6.45, 7) is 13.3. The topological polar surface area (TPSA) is 151 Å². The molecule has 12 nitrogen and oxygen atoms in total. The predicted molar refractivity (Wildman–Crippen MR) is 212 cm³/mol. The van der Waals surface area contributed by atoms with Crippen LogP contribution >= 0.6 is 0 Å². The quantitative estimate of drug-likeness (QED) is 0.125. The zero-order valence-corrected chi connectivity index (χ0v) is 33.7. The van der Waals surface area contributed by atoms with Gasteiger partial charge in [0.15, 0.2) is 0 Å². The highest BCUT2D eigenvalue weighted by molar-refractivity contribution is 5.85. The maximum absolute atomic E-state index is 13.8. The summed E-state index contributed by atoms with van der Waals surface area (Å²) in [5.41, 5.74) is 5.13. The fourth-order valence-corrected chi connectivity index (χ4v) is 8.06. The van der Waals surface area contributed by atoms with E-state index in [1.807, 2.05) is 80.0 Å². The van der Waals surface area contributed by atoms with Crippen LogP contribution in [0.3, 0.4) is 0 Å². The number of amides is 2. The van der Waals surface area contributed by atoms with Gasteiger partial charge in [0.2, 0.25) is 11.8 Å². The Hall–Kier alpha value is -5.44. The maximum Gasteiger partial charge on any atom is 0.306 e. The molecule has 0 aliphatic carbocycles. The second kappa shape index (κ2) is 17.1. The van der Waals surface area contributed by atoms with Crippen molar-refractivity contribution in [2.24, 2.45) is 35.5 Å². The van der Waals surface area contributed by atoms with Crippen molar-refractivity contribution >= 4 is 34.8 Å². The molecule has 2 fully saturated rings. The number of ether oxygens (including phenoxy) is 2. The molecule has 2 aromatic carbocycles. The van der Waals surface area contributed by atoms with E-state index in [2.05, 4.69) is 35.7 Å². The van der Waals surface area contributed by atoms with E-state index in [9.17, 15) is 19.2 Å². The molecule has 296 valence electrons. The van der Waals surface area contributed by atoms with Gasteiger partial charge < -0.3 is 29.2 Å². The van der Waals surface area contributed by atoms with Crippen LogP contribution in [-0.2, 0) is 28.7 Å². The lowest BCUT2D eigenvalue weighted by molar-refractivity contribution is -0.148. The molecule has 12 heteroatoms. The highest BCUT2D eigenvalue weighted by Crippen LogP contribution is 2.39. The summed E-state index contributed by atoms with van der Waals surface area (Å²) in [5, 5.41) is 0. The van der Waals surface area contributed by atoms with Gasteiger partial charge in [0, 0.05) is 24.2 Å². The van der Waals surface area contributed by atoms with Crippen molar-refractivity contribution in [3.63, 3.8) is 0 Å². The largest absolute Gasteiger partial charge is 0.469 e. The summed E-state index contributed by atoms with van der Waals surface area (Å²) in [5.74, 6) is 6.85. The Balaban J connectivity index is 1.14. The third-order valence-electron chi connectivity index (χ3n) is 11.3. The number of hydrogen-bond acceptors (Lipinski definition) is 8. The van der Waals surface area contributed by atoms with E-state index in [0.717, 1.165) is 57.9 Å². The molecule has 4 aromatic rings. The van der Waals surface area contributed by atoms with Gasteiger partial charge in [0.1, 0.15) is 11.6 Å². The molecular weight excluding hydrogens is 709 g/mol. The molecule has 0 spiro atoms. The van der Waals surface area contributed by atoms with Crippen LogP contribution in [0.2, 0.25) is 0 Å². The maximum atomic E-state index is 13.8. The molecule has 4 heterocycles.